The lowest BCUT2D eigenvalue weighted by Crippen LogP contribution is -2.51. The van der Waals surface area contributed by atoms with Gasteiger partial charge < -0.3 is 9.80 Å². The van der Waals surface area contributed by atoms with Crippen molar-refractivity contribution in [3.63, 3.8) is 0 Å². The molecule has 122 valence electrons. The van der Waals surface area contributed by atoms with E-state index in [1.54, 1.807) is 0 Å². The third-order valence-corrected chi connectivity index (χ3v) is 4.88. The molecule has 4 heteroatoms. The van der Waals surface area contributed by atoms with Crippen LogP contribution in [0.2, 0.25) is 0 Å². The van der Waals surface area contributed by atoms with Crippen molar-refractivity contribution in [1.82, 2.24) is 15.1 Å². The van der Waals surface area contributed by atoms with Crippen LogP contribution in [-0.2, 0) is 4.79 Å². The first-order valence-corrected chi connectivity index (χ1v) is 8.85. The van der Waals surface area contributed by atoms with E-state index in [1.165, 1.54) is 32.4 Å². The summed E-state index contributed by atoms with van der Waals surface area (Å²) in [6.45, 7) is 12.2. The van der Waals surface area contributed by atoms with Crippen molar-refractivity contribution in [2.75, 3.05) is 19.6 Å². The molecule has 0 spiro atoms. The van der Waals surface area contributed by atoms with E-state index in [9.17, 15) is 4.79 Å². The molecule has 21 heavy (non-hydrogen) atoms. The molecule has 4 nitrogen and oxygen atoms in total. The minimum absolute atomic E-state index is 0.0335. The minimum atomic E-state index is 0.0335. The molecule has 1 amide bonds. The SMILES string of the molecule is CCCC1NC(C(C)C)N(C(C)CN2CCCCC2)C1=O. The second-order valence-corrected chi connectivity index (χ2v) is 7.15. The quantitative estimate of drug-likeness (QED) is 0.817. The van der Waals surface area contributed by atoms with E-state index in [4.69, 9.17) is 0 Å². The lowest BCUT2D eigenvalue weighted by atomic mass is 10.1. The van der Waals surface area contributed by atoms with E-state index < -0.39 is 0 Å². The molecule has 0 aromatic rings. The molecule has 0 aliphatic carbocycles. The maximum Gasteiger partial charge on any atom is 0.241 e. The molecule has 1 N–H and O–H groups in total. The summed E-state index contributed by atoms with van der Waals surface area (Å²) in [6.07, 6.45) is 6.20. The van der Waals surface area contributed by atoms with Gasteiger partial charge in [0.25, 0.3) is 0 Å². The summed E-state index contributed by atoms with van der Waals surface area (Å²) < 4.78 is 0. The topological polar surface area (TPSA) is 35.6 Å². The number of nitrogens with zero attached hydrogens (tertiary/aromatic N) is 2. The first-order valence-electron chi connectivity index (χ1n) is 8.85. The average Bonchev–Trinajstić information content (AvgIpc) is 2.78. The summed E-state index contributed by atoms with van der Waals surface area (Å²) in [5.74, 6) is 0.777. The smallest absolute Gasteiger partial charge is 0.241 e. The van der Waals surface area contributed by atoms with Crippen molar-refractivity contribution in [2.45, 2.75) is 78.0 Å². The van der Waals surface area contributed by atoms with E-state index >= 15 is 0 Å². The summed E-state index contributed by atoms with van der Waals surface area (Å²) in [4.78, 5) is 17.4. The third-order valence-electron chi connectivity index (χ3n) is 4.88. The van der Waals surface area contributed by atoms with E-state index in [-0.39, 0.29) is 12.2 Å². The van der Waals surface area contributed by atoms with Crippen molar-refractivity contribution >= 4 is 5.91 Å². The van der Waals surface area contributed by atoms with Gasteiger partial charge >= 0.3 is 0 Å². The number of carbonyl (C=O) groups excluding carboxylic acids is 1. The predicted molar refractivity (Wildman–Crippen MR) is 87.1 cm³/mol. The van der Waals surface area contributed by atoms with Crippen molar-refractivity contribution in [3.8, 4) is 0 Å². The highest BCUT2D eigenvalue weighted by Crippen LogP contribution is 2.23. The maximum absolute atomic E-state index is 12.7. The normalized spacial score (nSPS) is 29.4. The zero-order valence-electron chi connectivity index (χ0n) is 14.3. The van der Waals surface area contributed by atoms with Crippen LogP contribution in [-0.4, -0.2) is 53.6 Å². The molecule has 2 heterocycles. The van der Waals surface area contributed by atoms with Crippen LogP contribution in [0, 0.1) is 5.92 Å². The van der Waals surface area contributed by atoms with Crippen LogP contribution in [0.3, 0.4) is 0 Å². The molecule has 2 aliphatic heterocycles. The fourth-order valence-electron chi connectivity index (χ4n) is 3.78. The monoisotopic (exact) mass is 295 g/mol. The molecular formula is C17H33N3O. The largest absolute Gasteiger partial charge is 0.322 e. The lowest BCUT2D eigenvalue weighted by molar-refractivity contribution is -0.133. The summed E-state index contributed by atoms with van der Waals surface area (Å²) in [7, 11) is 0. The van der Waals surface area contributed by atoms with Gasteiger partial charge in [0.15, 0.2) is 0 Å². The minimum Gasteiger partial charge on any atom is -0.322 e. The van der Waals surface area contributed by atoms with Crippen LogP contribution in [0.1, 0.15) is 59.8 Å². The van der Waals surface area contributed by atoms with Gasteiger partial charge in [-0.05, 0) is 45.2 Å². The molecule has 2 saturated heterocycles. The highest BCUT2D eigenvalue weighted by Gasteiger charge is 2.42. The van der Waals surface area contributed by atoms with Crippen LogP contribution in [0.15, 0.2) is 0 Å². The van der Waals surface area contributed by atoms with Gasteiger partial charge in [0.2, 0.25) is 5.91 Å². The molecule has 0 radical (unpaired) electrons. The van der Waals surface area contributed by atoms with E-state index in [0.29, 0.717) is 17.9 Å². The zero-order valence-corrected chi connectivity index (χ0v) is 14.3. The number of hydrogen-bond donors (Lipinski definition) is 1. The maximum atomic E-state index is 12.7. The molecule has 2 rings (SSSR count). The summed E-state index contributed by atoms with van der Waals surface area (Å²) in [5, 5.41) is 3.57. The fourth-order valence-corrected chi connectivity index (χ4v) is 3.78. The second-order valence-electron chi connectivity index (χ2n) is 7.15. The first kappa shape index (κ1) is 16.8. The van der Waals surface area contributed by atoms with Gasteiger partial charge in [0, 0.05) is 12.6 Å². The number of piperidine rings is 1. The van der Waals surface area contributed by atoms with Crippen molar-refractivity contribution in [1.29, 1.82) is 0 Å². The third kappa shape index (κ3) is 3.98. The van der Waals surface area contributed by atoms with Crippen LogP contribution < -0.4 is 5.32 Å². The van der Waals surface area contributed by atoms with Gasteiger partial charge in [-0.2, -0.15) is 0 Å². The standard InChI is InChI=1S/C17H33N3O/c1-5-9-15-17(21)20(16(18-15)13(2)3)14(4)12-19-10-7-6-8-11-19/h13-16,18H,5-12H2,1-4H3. The summed E-state index contributed by atoms with van der Waals surface area (Å²) >= 11 is 0. The van der Waals surface area contributed by atoms with Crippen LogP contribution in [0.5, 0.6) is 0 Å². The lowest BCUT2D eigenvalue weighted by Gasteiger charge is -2.37. The second kappa shape index (κ2) is 7.59. The number of nitrogens with one attached hydrogen (secondary N) is 1. The van der Waals surface area contributed by atoms with Gasteiger partial charge in [-0.1, -0.05) is 33.6 Å². The molecule has 0 bridgehead atoms. The van der Waals surface area contributed by atoms with Gasteiger partial charge in [0.1, 0.15) is 0 Å². The zero-order chi connectivity index (χ0) is 15.4. The molecule has 2 fully saturated rings. The highest BCUT2D eigenvalue weighted by molar-refractivity contribution is 5.84. The Balaban J connectivity index is 2.01. The Kier molecular flexibility index (Phi) is 6.06. The number of amides is 1. The van der Waals surface area contributed by atoms with Gasteiger partial charge in [-0.3, -0.25) is 10.1 Å². The highest BCUT2D eigenvalue weighted by atomic mass is 16.2. The van der Waals surface area contributed by atoms with Crippen molar-refractivity contribution in [2.24, 2.45) is 5.92 Å². The summed E-state index contributed by atoms with van der Waals surface area (Å²) in [5.41, 5.74) is 0. The molecule has 2 aliphatic rings. The molecule has 0 aromatic heterocycles. The Bertz CT molecular complexity index is 339. The van der Waals surface area contributed by atoms with Gasteiger partial charge in [-0.25, -0.2) is 0 Å². The van der Waals surface area contributed by atoms with E-state index in [0.717, 1.165) is 19.4 Å². The number of rotatable bonds is 6. The van der Waals surface area contributed by atoms with Crippen molar-refractivity contribution < 1.29 is 4.79 Å². The van der Waals surface area contributed by atoms with E-state index in [2.05, 4.69) is 42.8 Å². The van der Waals surface area contributed by atoms with E-state index in [1.807, 2.05) is 0 Å². The Morgan fingerprint density at radius 2 is 1.86 bits per heavy atom. The Labute approximate surface area is 130 Å². The molecule has 0 aromatic carbocycles. The Hall–Kier alpha value is -0.610. The Morgan fingerprint density at radius 3 is 2.43 bits per heavy atom. The van der Waals surface area contributed by atoms with Crippen LogP contribution in [0.25, 0.3) is 0 Å². The molecule has 3 unspecified atom stereocenters. The first-order chi connectivity index (χ1) is 10.0. The molecular weight excluding hydrogens is 262 g/mol. The number of likely N-dealkylation sites (tertiary alicyclic amines) is 1. The predicted octanol–water partition coefficient (Wildman–Crippen LogP) is 2.44. The molecule has 3 atom stereocenters. The fraction of sp³-hybridized carbons (Fsp3) is 0.941. The molecule has 0 saturated carbocycles. The average molecular weight is 295 g/mol. The van der Waals surface area contributed by atoms with Gasteiger partial charge in [0.05, 0.1) is 12.2 Å². The Morgan fingerprint density at radius 1 is 1.19 bits per heavy atom. The summed E-state index contributed by atoms with van der Waals surface area (Å²) in [6, 6.07) is 0.337. The van der Waals surface area contributed by atoms with Crippen LogP contribution >= 0.6 is 0 Å². The van der Waals surface area contributed by atoms with Gasteiger partial charge in [-0.15, -0.1) is 0 Å². The number of carbonyl (C=O) groups is 1. The number of hydrogen-bond acceptors (Lipinski definition) is 3. The van der Waals surface area contributed by atoms with Crippen molar-refractivity contribution in [3.05, 3.63) is 0 Å². The van der Waals surface area contributed by atoms with Crippen LogP contribution in [0.4, 0.5) is 0 Å².